The Morgan fingerprint density at radius 3 is 2.39 bits per heavy atom. The summed E-state index contributed by atoms with van der Waals surface area (Å²) in [7, 11) is 0. The van der Waals surface area contributed by atoms with E-state index in [1.165, 1.54) is 30.3 Å². The van der Waals surface area contributed by atoms with Gasteiger partial charge in [0, 0.05) is 44.6 Å². The summed E-state index contributed by atoms with van der Waals surface area (Å²) in [4.78, 5) is 29.7. The summed E-state index contributed by atoms with van der Waals surface area (Å²) < 4.78 is 40.7. The lowest BCUT2D eigenvalue weighted by Gasteiger charge is -2.26. The molecule has 1 aromatic carbocycles. The van der Waals surface area contributed by atoms with Crippen LogP contribution in [-0.4, -0.2) is 69.6 Å². The first kappa shape index (κ1) is 24.3. The van der Waals surface area contributed by atoms with E-state index >= 15 is 0 Å². The molecule has 1 aliphatic carbocycles. The van der Waals surface area contributed by atoms with E-state index < -0.39 is 6.36 Å². The highest BCUT2D eigenvalue weighted by Gasteiger charge is 2.40. The summed E-state index contributed by atoms with van der Waals surface area (Å²) in [5.41, 5.74) is 2.55. The van der Waals surface area contributed by atoms with E-state index in [1.54, 1.807) is 6.08 Å². The van der Waals surface area contributed by atoms with E-state index in [9.17, 15) is 22.8 Å². The number of nitrogens with one attached hydrogen (secondary N) is 1. The first-order chi connectivity index (χ1) is 17.2. The Hall–Kier alpha value is -3.37. The van der Waals surface area contributed by atoms with Crippen LogP contribution in [0.1, 0.15) is 36.2 Å². The fourth-order valence-corrected chi connectivity index (χ4v) is 5.56. The predicted octanol–water partition coefficient (Wildman–Crippen LogP) is 3.22. The van der Waals surface area contributed by atoms with E-state index in [2.05, 4.69) is 20.1 Å². The number of nitrogens with zero attached hydrogens (tertiary/aromatic N) is 4. The van der Waals surface area contributed by atoms with Gasteiger partial charge >= 0.3 is 6.36 Å². The van der Waals surface area contributed by atoms with Crippen LogP contribution < -0.4 is 4.74 Å². The molecule has 0 bridgehead atoms. The molecule has 2 saturated heterocycles. The Morgan fingerprint density at radius 2 is 1.72 bits per heavy atom. The molecule has 1 unspecified atom stereocenters. The van der Waals surface area contributed by atoms with Crippen molar-refractivity contribution in [3.63, 3.8) is 0 Å². The molecule has 2 amide bonds. The topological polar surface area (TPSA) is 91.4 Å². The van der Waals surface area contributed by atoms with E-state index in [0.717, 1.165) is 50.2 Å². The Morgan fingerprint density at radius 1 is 1.03 bits per heavy atom. The van der Waals surface area contributed by atoms with Gasteiger partial charge in [-0.15, -0.1) is 18.3 Å². The van der Waals surface area contributed by atoms with Gasteiger partial charge in [-0.3, -0.25) is 14.7 Å². The van der Waals surface area contributed by atoms with Gasteiger partial charge in [0.1, 0.15) is 5.75 Å². The summed E-state index contributed by atoms with van der Waals surface area (Å²) >= 11 is 0. The maximum atomic E-state index is 13.2. The summed E-state index contributed by atoms with van der Waals surface area (Å²) in [6.45, 7) is 2.71. The quantitative estimate of drug-likeness (QED) is 0.647. The number of alkyl halides is 3. The number of hydrogen-bond acceptors (Lipinski definition) is 5. The summed E-state index contributed by atoms with van der Waals surface area (Å²) in [6.07, 6.45) is 2.26. The second-order valence-electron chi connectivity index (χ2n) is 9.79. The zero-order valence-corrected chi connectivity index (χ0v) is 19.7. The molecule has 3 atom stereocenters. The zero-order valence-electron chi connectivity index (χ0n) is 19.7. The van der Waals surface area contributed by atoms with Gasteiger partial charge in [-0.1, -0.05) is 17.3 Å². The highest BCUT2D eigenvalue weighted by Crippen LogP contribution is 2.34. The van der Waals surface area contributed by atoms with Crippen LogP contribution in [0.15, 0.2) is 30.3 Å². The number of benzene rings is 1. The molecule has 2 fully saturated rings. The average Bonchev–Trinajstić information content (AvgIpc) is 3.44. The Kier molecular flexibility index (Phi) is 6.72. The number of amides is 2. The molecular formula is C25H28F3N5O3. The van der Waals surface area contributed by atoms with Crippen molar-refractivity contribution >= 4 is 17.9 Å². The predicted molar refractivity (Wildman–Crippen MR) is 123 cm³/mol. The summed E-state index contributed by atoms with van der Waals surface area (Å²) in [5, 5.41) is 10.9. The molecule has 2 aliphatic heterocycles. The number of ether oxygens (including phenoxy) is 1. The molecule has 11 heteroatoms. The van der Waals surface area contributed by atoms with Gasteiger partial charge in [-0.05, 0) is 61.3 Å². The zero-order chi connectivity index (χ0) is 25.3. The number of hydrogen-bond donors (Lipinski definition) is 1. The first-order valence-electron chi connectivity index (χ1n) is 12.3. The third-order valence-corrected chi connectivity index (χ3v) is 7.51. The first-order valence-corrected chi connectivity index (χ1v) is 12.3. The minimum Gasteiger partial charge on any atom is -0.406 e. The van der Waals surface area contributed by atoms with Gasteiger partial charge in [0.25, 0.3) is 0 Å². The number of halogens is 3. The summed E-state index contributed by atoms with van der Waals surface area (Å²) in [5.74, 6) is 0.501. The number of aryl methyl sites for hydroxylation is 1. The Labute approximate surface area is 206 Å². The molecule has 0 radical (unpaired) electrons. The van der Waals surface area contributed by atoms with Crippen LogP contribution in [0.5, 0.6) is 5.75 Å². The van der Waals surface area contributed by atoms with Crippen molar-refractivity contribution in [2.45, 2.75) is 38.5 Å². The molecule has 2 aromatic rings. The number of fused-ring (bicyclic) bond motifs is 2. The highest BCUT2D eigenvalue weighted by atomic mass is 19.4. The second-order valence-corrected chi connectivity index (χ2v) is 9.79. The monoisotopic (exact) mass is 503 g/mol. The number of rotatable bonds is 4. The van der Waals surface area contributed by atoms with Gasteiger partial charge in [0.05, 0.1) is 11.4 Å². The van der Waals surface area contributed by atoms with E-state index in [-0.39, 0.29) is 23.5 Å². The van der Waals surface area contributed by atoms with Crippen molar-refractivity contribution in [1.29, 1.82) is 0 Å². The van der Waals surface area contributed by atoms with Gasteiger partial charge < -0.3 is 14.5 Å². The molecule has 3 aliphatic rings. The third-order valence-electron chi connectivity index (χ3n) is 7.51. The SMILES string of the molecule is O=C(C=Cc1ccc(OC(F)(F)F)cc1)N1CC[C@@H]2CN(C(=O)C3CCc4[nH]nnc4C3)C[C@@H]2CC1. The minimum atomic E-state index is -4.74. The standard InChI is InChI=1S/C25H28F3N5O3/c26-25(27,28)36-20-5-1-16(2-6-20)3-8-23(34)32-11-9-18-14-33(15-19(18)10-12-32)24(35)17-4-7-21-22(13-17)30-31-29-21/h1-3,5-6,8,17-19H,4,7,9-15H2,(H,29,30,31)/t17?,18-,19+. The van der Waals surface area contributed by atoms with Gasteiger partial charge in [-0.25, -0.2) is 0 Å². The van der Waals surface area contributed by atoms with Crippen LogP contribution in [0.25, 0.3) is 6.08 Å². The number of aromatic amines is 1. The van der Waals surface area contributed by atoms with Gasteiger partial charge in [0.15, 0.2) is 0 Å². The lowest BCUT2D eigenvalue weighted by Crippen LogP contribution is -2.38. The smallest absolute Gasteiger partial charge is 0.406 e. The largest absolute Gasteiger partial charge is 0.573 e. The molecule has 3 heterocycles. The molecule has 36 heavy (non-hydrogen) atoms. The Balaban J connectivity index is 1.11. The van der Waals surface area contributed by atoms with Crippen molar-refractivity contribution in [3.05, 3.63) is 47.3 Å². The maximum absolute atomic E-state index is 13.2. The minimum absolute atomic E-state index is 0.0396. The lowest BCUT2D eigenvalue weighted by molar-refractivity contribution is -0.274. The fraction of sp³-hybridized carbons (Fsp3) is 0.520. The van der Waals surface area contributed by atoms with Crippen LogP contribution >= 0.6 is 0 Å². The molecule has 0 spiro atoms. The highest BCUT2D eigenvalue weighted by molar-refractivity contribution is 5.91. The normalized spacial score (nSPS) is 24.4. The van der Waals surface area contributed by atoms with Crippen molar-refractivity contribution < 1.29 is 27.5 Å². The number of carbonyl (C=O) groups is 2. The summed E-state index contributed by atoms with van der Waals surface area (Å²) in [6, 6.07) is 5.38. The van der Waals surface area contributed by atoms with Gasteiger partial charge in [-0.2, -0.15) is 0 Å². The molecular weight excluding hydrogens is 475 g/mol. The van der Waals surface area contributed by atoms with Gasteiger partial charge in [0.2, 0.25) is 11.8 Å². The van der Waals surface area contributed by atoms with Crippen LogP contribution in [0, 0.1) is 17.8 Å². The molecule has 1 N–H and O–H groups in total. The molecule has 192 valence electrons. The third kappa shape index (κ3) is 5.55. The Bertz CT molecular complexity index is 1110. The fourth-order valence-electron chi connectivity index (χ4n) is 5.56. The second kappa shape index (κ2) is 9.94. The van der Waals surface area contributed by atoms with Crippen molar-refractivity contribution in [2.24, 2.45) is 17.8 Å². The average molecular weight is 504 g/mol. The molecule has 1 aromatic heterocycles. The van der Waals surface area contributed by atoms with E-state index in [4.69, 9.17) is 0 Å². The number of aromatic nitrogens is 3. The number of H-pyrrole nitrogens is 1. The maximum Gasteiger partial charge on any atom is 0.573 e. The molecule has 5 rings (SSSR count). The van der Waals surface area contributed by atoms with Crippen LogP contribution in [0.4, 0.5) is 13.2 Å². The lowest BCUT2D eigenvalue weighted by atomic mass is 9.89. The number of carbonyl (C=O) groups excluding carboxylic acids is 2. The van der Waals surface area contributed by atoms with Crippen LogP contribution in [0.2, 0.25) is 0 Å². The van der Waals surface area contributed by atoms with Crippen molar-refractivity contribution in [2.75, 3.05) is 26.2 Å². The van der Waals surface area contributed by atoms with Crippen molar-refractivity contribution in [1.82, 2.24) is 25.2 Å². The van der Waals surface area contributed by atoms with E-state index in [1.807, 2.05) is 9.80 Å². The number of likely N-dealkylation sites (tertiary alicyclic amines) is 2. The van der Waals surface area contributed by atoms with E-state index in [0.29, 0.717) is 36.9 Å². The molecule has 8 nitrogen and oxygen atoms in total. The van der Waals surface area contributed by atoms with Crippen LogP contribution in [-0.2, 0) is 22.4 Å². The van der Waals surface area contributed by atoms with Crippen LogP contribution in [0.3, 0.4) is 0 Å². The molecule has 0 saturated carbocycles. The van der Waals surface area contributed by atoms with Crippen molar-refractivity contribution in [3.8, 4) is 5.75 Å².